The zero-order valence-electron chi connectivity index (χ0n) is 18.2. The van der Waals surface area contributed by atoms with Gasteiger partial charge in [-0.05, 0) is 22.4 Å². The van der Waals surface area contributed by atoms with Crippen LogP contribution in [0.5, 0.6) is 0 Å². The molecule has 2 heterocycles. The fourth-order valence-corrected chi connectivity index (χ4v) is 8.04. The van der Waals surface area contributed by atoms with E-state index in [0.29, 0.717) is 13.0 Å². The van der Waals surface area contributed by atoms with E-state index in [2.05, 4.69) is 48.9 Å². The summed E-state index contributed by atoms with van der Waals surface area (Å²) in [6, 6.07) is 20.4. The lowest BCUT2D eigenvalue weighted by atomic mass is 10.1. The molecule has 164 valence electrons. The number of carbonyl (C=O) groups is 2. The average molecular weight is 471 g/mol. The Morgan fingerprint density at radius 1 is 1.03 bits per heavy atom. The Morgan fingerprint density at radius 2 is 1.82 bits per heavy atom. The van der Waals surface area contributed by atoms with Crippen molar-refractivity contribution in [2.24, 2.45) is 0 Å². The van der Waals surface area contributed by atoms with E-state index in [4.69, 9.17) is 0 Å². The van der Waals surface area contributed by atoms with Crippen LogP contribution in [0.3, 0.4) is 0 Å². The van der Waals surface area contributed by atoms with Crippen molar-refractivity contribution in [1.82, 2.24) is 4.90 Å². The fraction of sp³-hybridized carbons (Fsp3) is 0.185. The third-order valence-corrected chi connectivity index (χ3v) is 9.65. The van der Waals surface area contributed by atoms with Gasteiger partial charge in [-0.3, -0.25) is 9.59 Å². The summed E-state index contributed by atoms with van der Waals surface area (Å²) in [5.41, 5.74) is 3.66. The molecule has 0 aromatic heterocycles. The molecule has 0 N–H and O–H groups in total. The SMILES string of the molecule is C=CCN1C(=O)C(C2Sc3c(ccc4ccccc34)N2C)S/C1=C1/Cc2ccccc2C1=O. The quantitative estimate of drug-likeness (QED) is 0.374. The standard InChI is InChI=1S/C27H22N2O2S2/c1-3-14-29-25(31)24(33-26(29)20-15-17-9-5-6-10-18(17)22(20)30)27-28(2)21-13-12-16-8-4-7-11-19(16)23(21)32-27/h3-13,24,27H,1,14-15H2,2H3/b26-20-. The number of ketones is 1. The van der Waals surface area contributed by atoms with E-state index in [1.165, 1.54) is 15.7 Å². The Labute approximate surface area is 201 Å². The van der Waals surface area contributed by atoms with E-state index in [-0.39, 0.29) is 22.3 Å². The third kappa shape index (κ3) is 3.08. The monoisotopic (exact) mass is 470 g/mol. The summed E-state index contributed by atoms with van der Waals surface area (Å²) in [5, 5.41) is 2.86. The predicted molar refractivity (Wildman–Crippen MR) is 137 cm³/mol. The van der Waals surface area contributed by atoms with Crippen LogP contribution in [-0.4, -0.2) is 40.8 Å². The number of Topliss-reactive ketones (excluding diaryl/α,β-unsaturated/α-hetero) is 1. The molecular formula is C27H22N2O2S2. The van der Waals surface area contributed by atoms with Crippen molar-refractivity contribution in [2.45, 2.75) is 21.9 Å². The van der Waals surface area contributed by atoms with Gasteiger partial charge >= 0.3 is 0 Å². The van der Waals surface area contributed by atoms with Crippen LogP contribution in [0.4, 0.5) is 5.69 Å². The molecule has 2 atom stereocenters. The highest BCUT2D eigenvalue weighted by Gasteiger charge is 2.48. The third-order valence-electron chi connectivity index (χ3n) is 6.58. The number of thioether (sulfide) groups is 2. The van der Waals surface area contributed by atoms with Gasteiger partial charge in [0.1, 0.15) is 10.6 Å². The summed E-state index contributed by atoms with van der Waals surface area (Å²) >= 11 is 3.29. The molecule has 6 heteroatoms. The van der Waals surface area contributed by atoms with E-state index in [1.807, 2.05) is 30.3 Å². The lowest BCUT2D eigenvalue weighted by Gasteiger charge is -2.25. The second-order valence-corrected chi connectivity index (χ2v) is 10.7. The number of hydrogen-bond acceptors (Lipinski definition) is 5. The summed E-state index contributed by atoms with van der Waals surface area (Å²) in [6.07, 6.45) is 2.31. The maximum absolute atomic E-state index is 13.7. The summed E-state index contributed by atoms with van der Waals surface area (Å²) in [4.78, 5) is 32.1. The van der Waals surface area contributed by atoms with Crippen LogP contribution < -0.4 is 4.90 Å². The van der Waals surface area contributed by atoms with Crippen molar-refractivity contribution in [2.75, 3.05) is 18.5 Å². The number of allylic oxidation sites excluding steroid dienone is 1. The normalized spacial score (nSPS) is 24.0. The van der Waals surface area contributed by atoms with Gasteiger partial charge in [-0.2, -0.15) is 0 Å². The lowest BCUT2D eigenvalue weighted by Crippen LogP contribution is -2.40. The molecule has 0 bridgehead atoms. The minimum Gasteiger partial charge on any atom is -0.360 e. The molecule has 1 saturated heterocycles. The van der Waals surface area contributed by atoms with Crippen LogP contribution >= 0.6 is 23.5 Å². The molecule has 1 fully saturated rings. The largest absolute Gasteiger partial charge is 0.360 e. The molecule has 33 heavy (non-hydrogen) atoms. The fourth-order valence-electron chi connectivity index (χ4n) is 4.94. The van der Waals surface area contributed by atoms with Gasteiger partial charge in [0.2, 0.25) is 5.91 Å². The first-order valence-corrected chi connectivity index (χ1v) is 12.7. The first kappa shape index (κ1) is 20.6. The molecule has 0 spiro atoms. The number of rotatable bonds is 3. The molecule has 1 amide bonds. The first-order chi connectivity index (χ1) is 16.1. The maximum atomic E-state index is 13.7. The Morgan fingerprint density at radius 3 is 2.64 bits per heavy atom. The summed E-state index contributed by atoms with van der Waals surface area (Å²) in [6.45, 7) is 4.26. The highest BCUT2D eigenvalue weighted by Crippen LogP contribution is 2.53. The topological polar surface area (TPSA) is 40.6 Å². The average Bonchev–Trinajstić information content (AvgIpc) is 3.46. The summed E-state index contributed by atoms with van der Waals surface area (Å²) in [5.74, 6) is 0.0879. The molecule has 3 aromatic rings. The van der Waals surface area contributed by atoms with Crippen molar-refractivity contribution in [3.05, 3.63) is 95.0 Å². The van der Waals surface area contributed by atoms with E-state index < -0.39 is 0 Å². The molecule has 3 aromatic carbocycles. The molecule has 0 saturated carbocycles. The van der Waals surface area contributed by atoms with Crippen LogP contribution in [0.2, 0.25) is 0 Å². The first-order valence-electron chi connectivity index (χ1n) is 10.9. The Hall–Kier alpha value is -2.96. The van der Waals surface area contributed by atoms with Crippen LogP contribution in [0.1, 0.15) is 15.9 Å². The molecule has 4 nitrogen and oxygen atoms in total. The van der Waals surface area contributed by atoms with Crippen molar-refractivity contribution in [3.8, 4) is 0 Å². The number of carbonyl (C=O) groups excluding carboxylic acids is 2. The van der Waals surface area contributed by atoms with Crippen LogP contribution in [0, 0.1) is 0 Å². The van der Waals surface area contributed by atoms with Crippen LogP contribution in [0.25, 0.3) is 10.8 Å². The predicted octanol–water partition coefficient (Wildman–Crippen LogP) is 5.49. The Kier molecular flexibility index (Phi) is 4.89. The summed E-state index contributed by atoms with van der Waals surface area (Å²) < 4.78 is 0. The van der Waals surface area contributed by atoms with Gasteiger partial charge in [-0.25, -0.2) is 0 Å². The van der Waals surface area contributed by atoms with Crippen LogP contribution in [0.15, 0.2) is 88.8 Å². The second-order valence-electron chi connectivity index (χ2n) is 8.48. The summed E-state index contributed by atoms with van der Waals surface area (Å²) in [7, 11) is 2.06. The number of anilines is 1. The second kappa shape index (κ2) is 7.82. The zero-order valence-corrected chi connectivity index (χ0v) is 19.8. The van der Waals surface area contributed by atoms with Crippen molar-refractivity contribution >= 4 is 51.7 Å². The van der Waals surface area contributed by atoms with E-state index in [0.717, 1.165) is 27.4 Å². The minimum absolute atomic E-state index is 0.0392. The van der Waals surface area contributed by atoms with Gasteiger partial charge < -0.3 is 9.80 Å². The number of amides is 1. The van der Waals surface area contributed by atoms with E-state index in [9.17, 15) is 9.59 Å². The van der Waals surface area contributed by atoms with Gasteiger partial charge in [-0.1, -0.05) is 84.2 Å². The van der Waals surface area contributed by atoms with Crippen LogP contribution in [-0.2, 0) is 11.2 Å². The van der Waals surface area contributed by atoms with Gasteiger partial charge in [0.05, 0.1) is 10.7 Å². The molecule has 1 aliphatic carbocycles. The van der Waals surface area contributed by atoms with Crippen molar-refractivity contribution in [1.29, 1.82) is 0 Å². The highest BCUT2D eigenvalue weighted by molar-refractivity contribution is 8.07. The van der Waals surface area contributed by atoms with Gasteiger partial charge in [0, 0.05) is 36.0 Å². The molecule has 2 aliphatic heterocycles. The van der Waals surface area contributed by atoms with Gasteiger partial charge in [0.25, 0.3) is 0 Å². The molecule has 0 radical (unpaired) electrons. The molecule has 3 aliphatic rings. The number of fused-ring (bicyclic) bond motifs is 4. The Balaban J connectivity index is 1.38. The van der Waals surface area contributed by atoms with E-state index in [1.54, 1.807) is 34.5 Å². The smallest absolute Gasteiger partial charge is 0.244 e. The van der Waals surface area contributed by atoms with Crippen molar-refractivity contribution in [3.63, 3.8) is 0 Å². The number of nitrogens with zero attached hydrogens (tertiary/aromatic N) is 2. The Bertz CT molecular complexity index is 1380. The molecular weight excluding hydrogens is 448 g/mol. The lowest BCUT2D eigenvalue weighted by molar-refractivity contribution is -0.127. The highest BCUT2D eigenvalue weighted by atomic mass is 32.2. The number of hydrogen-bond donors (Lipinski definition) is 0. The van der Waals surface area contributed by atoms with Gasteiger partial charge in [-0.15, -0.1) is 6.58 Å². The van der Waals surface area contributed by atoms with Crippen molar-refractivity contribution < 1.29 is 9.59 Å². The van der Waals surface area contributed by atoms with Gasteiger partial charge in [0.15, 0.2) is 5.78 Å². The molecule has 6 rings (SSSR count). The maximum Gasteiger partial charge on any atom is 0.244 e. The molecule has 2 unspecified atom stereocenters. The number of benzene rings is 3. The minimum atomic E-state index is -0.301. The zero-order chi connectivity index (χ0) is 22.7. The van der Waals surface area contributed by atoms with E-state index >= 15 is 0 Å².